The summed E-state index contributed by atoms with van der Waals surface area (Å²) in [7, 11) is 1.74. The maximum atomic E-state index is 5.68. The molecule has 0 heterocycles. The lowest BCUT2D eigenvalue weighted by Gasteiger charge is -2.12. The third-order valence-corrected chi connectivity index (χ3v) is 2.11. The molecule has 0 rings (SSSR count). The summed E-state index contributed by atoms with van der Waals surface area (Å²) >= 11 is 0. The van der Waals surface area contributed by atoms with Crippen LogP contribution in [0, 0.1) is 0 Å². The molecule has 0 aromatic heterocycles. The van der Waals surface area contributed by atoms with Crippen LogP contribution in [0.3, 0.4) is 0 Å². The number of nitrogens with zero attached hydrogens (tertiary/aromatic N) is 1. The zero-order valence-electron chi connectivity index (χ0n) is 11.1. The minimum atomic E-state index is 0.0351. The zero-order valence-corrected chi connectivity index (χ0v) is 11.1. The van der Waals surface area contributed by atoms with Crippen LogP contribution >= 0.6 is 0 Å². The molecule has 0 aliphatic heterocycles. The Labute approximate surface area is 99.4 Å². The fourth-order valence-corrected chi connectivity index (χ4v) is 1.07. The van der Waals surface area contributed by atoms with E-state index in [1.165, 1.54) is 5.57 Å². The third kappa shape index (κ3) is 7.04. The van der Waals surface area contributed by atoms with Crippen molar-refractivity contribution in [1.82, 2.24) is 0 Å². The van der Waals surface area contributed by atoms with E-state index in [1.54, 1.807) is 7.05 Å². The lowest BCUT2D eigenvalue weighted by Crippen LogP contribution is -2.13. The van der Waals surface area contributed by atoms with Gasteiger partial charge in [-0.1, -0.05) is 29.9 Å². The van der Waals surface area contributed by atoms with Crippen molar-refractivity contribution in [3.63, 3.8) is 0 Å². The van der Waals surface area contributed by atoms with Gasteiger partial charge in [0.1, 0.15) is 6.10 Å². The van der Waals surface area contributed by atoms with Gasteiger partial charge in [-0.3, -0.25) is 4.99 Å². The summed E-state index contributed by atoms with van der Waals surface area (Å²) in [5.74, 6) is 0.739. The molecule has 16 heavy (non-hydrogen) atoms. The van der Waals surface area contributed by atoms with E-state index in [1.807, 2.05) is 26.8 Å². The molecular weight excluding hydrogens is 198 g/mol. The van der Waals surface area contributed by atoms with Crippen molar-refractivity contribution in [2.75, 3.05) is 7.05 Å². The van der Waals surface area contributed by atoms with Crippen LogP contribution in [0.1, 0.15) is 34.1 Å². The van der Waals surface area contributed by atoms with Crippen LogP contribution < -0.4 is 0 Å². The van der Waals surface area contributed by atoms with Crippen molar-refractivity contribution in [2.24, 2.45) is 4.99 Å². The summed E-state index contributed by atoms with van der Waals surface area (Å²) < 4.78 is 5.68. The van der Waals surface area contributed by atoms with Gasteiger partial charge in [0.05, 0.1) is 0 Å². The molecule has 0 radical (unpaired) electrons. The fraction of sp³-hybridized carbons (Fsp3) is 0.500. The molecule has 2 nitrogen and oxygen atoms in total. The topological polar surface area (TPSA) is 21.6 Å². The molecule has 0 fully saturated rings. The van der Waals surface area contributed by atoms with E-state index in [4.69, 9.17) is 4.74 Å². The first-order chi connectivity index (χ1) is 7.49. The zero-order chi connectivity index (χ0) is 12.6. The number of hydrogen-bond donors (Lipinski definition) is 0. The summed E-state index contributed by atoms with van der Waals surface area (Å²) in [6.07, 6.45) is 6.88. The number of allylic oxidation sites excluding steroid dienone is 3. The molecule has 1 atom stereocenters. The first kappa shape index (κ1) is 14.7. The maximum absolute atomic E-state index is 5.68. The summed E-state index contributed by atoms with van der Waals surface area (Å²) in [6, 6.07) is 0. The molecule has 0 aliphatic rings. The number of aliphatic imine (C=N–C) groups is 1. The van der Waals surface area contributed by atoms with Crippen LogP contribution in [0.15, 0.2) is 40.9 Å². The van der Waals surface area contributed by atoms with Gasteiger partial charge in [-0.05, 0) is 33.8 Å². The van der Waals surface area contributed by atoms with Crippen molar-refractivity contribution in [2.45, 2.75) is 40.2 Å². The first-order valence-electron chi connectivity index (χ1n) is 5.57. The Morgan fingerprint density at radius 2 is 2.06 bits per heavy atom. The van der Waals surface area contributed by atoms with E-state index in [9.17, 15) is 0 Å². The van der Waals surface area contributed by atoms with Gasteiger partial charge in [-0.15, -0.1) is 0 Å². The number of ether oxygens (including phenoxy) is 1. The lowest BCUT2D eigenvalue weighted by molar-refractivity contribution is 0.249. The molecule has 0 bridgehead atoms. The Kier molecular flexibility index (Phi) is 7.27. The molecule has 0 saturated carbocycles. The molecule has 0 amide bonds. The SMILES string of the molecule is C=C(C)C/C(=N\C)OC(C)/C=C\C(C)=C/C. The van der Waals surface area contributed by atoms with Crippen LogP contribution in [-0.4, -0.2) is 19.0 Å². The molecule has 0 N–H and O–H groups in total. The van der Waals surface area contributed by atoms with Gasteiger partial charge in [0.2, 0.25) is 0 Å². The molecule has 0 aromatic carbocycles. The molecular formula is C14H23NO. The Balaban J connectivity index is 4.27. The fourth-order valence-electron chi connectivity index (χ4n) is 1.07. The summed E-state index contributed by atoms with van der Waals surface area (Å²) in [6.45, 7) is 11.9. The Morgan fingerprint density at radius 1 is 1.44 bits per heavy atom. The predicted octanol–water partition coefficient (Wildman–Crippen LogP) is 3.91. The van der Waals surface area contributed by atoms with Gasteiger partial charge in [0, 0.05) is 13.5 Å². The van der Waals surface area contributed by atoms with Crippen molar-refractivity contribution in [3.05, 3.63) is 36.0 Å². The summed E-state index contributed by atoms with van der Waals surface area (Å²) in [5, 5.41) is 0. The highest BCUT2D eigenvalue weighted by Gasteiger charge is 2.04. The second kappa shape index (κ2) is 7.91. The Bertz CT molecular complexity index is 311. The molecule has 1 unspecified atom stereocenters. The van der Waals surface area contributed by atoms with Crippen LogP contribution in [-0.2, 0) is 4.74 Å². The molecule has 2 heteroatoms. The van der Waals surface area contributed by atoms with Gasteiger partial charge in [-0.2, -0.15) is 0 Å². The number of hydrogen-bond acceptors (Lipinski definition) is 2. The van der Waals surface area contributed by atoms with Crippen LogP contribution in [0.4, 0.5) is 0 Å². The predicted molar refractivity (Wildman–Crippen MR) is 71.9 cm³/mol. The second-order valence-corrected chi connectivity index (χ2v) is 3.97. The summed E-state index contributed by atoms with van der Waals surface area (Å²) in [4.78, 5) is 4.10. The van der Waals surface area contributed by atoms with Crippen molar-refractivity contribution in [1.29, 1.82) is 0 Å². The van der Waals surface area contributed by atoms with Crippen molar-refractivity contribution in [3.8, 4) is 0 Å². The Morgan fingerprint density at radius 3 is 2.50 bits per heavy atom. The average molecular weight is 221 g/mol. The van der Waals surface area contributed by atoms with Gasteiger partial charge >= 0.3 is 0 Å². The first-order valence-corrected chi connectivity index (χ1v) is 5.57. The van der Waals surface area contributed by atoms with Gasteiger partial charge < -0.3 is 4.74 Å². The molecule has 0 aromatic rings. The minimum Gasteiger partial charge on any atom is -0.474 e. The molecule has 0 saturated heterocycles. The quantitative estimate of drug-likeness (QED) is 0.298. The third-order valence-electron chi connectivity index (χ3n) is 2.11. The lowest BCUT2D eigenvalue weighted by atomic mass is 10.2. The average Bonchev–Trinajstić information content (AvgIpc) is 2.24. The number of rotatable bonds is 5. The van der Waals surface area contributed by atoms with E-state index < -0.39 is 0 Å². The van der Waals surface area contributed by atoms with Crippen LogP contribution in [0.2, 0.25) is 0 Å². The smallest absolute Gasteiger partial charge is 0.187 e. The van der Waals surface area contributed by atoms with Crippen LogP contribution in [0.25, 0.3) is 0 Å². The summed E-state index contributed by atoms with van der Waals surface area (Å²) in [5.41, 5.74) is 2.28. The van der Waals surface area contributed by atoms with E-state index in [2.05, 4.69) is 30.6 Å². The highest BCUT2D eigenvalue weighted by Crippen LogP contribution is 2.05. The highest BCUT2D eigenvalue weighted by molar-refractivity contribution is 5.78. The van der Waals surface area contributed by atoms with Gasteiger partial charge in [0.15, 0.2) is 5.90 Å². The molecule has 90 valence electrons. The van der Waals surface area contributed by atoms with E-state index >= 15 is 0 Å². The second-order valence-electron chi connectivity index (χ2n) is 3.97. The maximum Gasteiger partial charge on any atom is 0.187 e. The minimum absolute atomic E-state index is 0.0351. The molecule has 0 aliphatic carbocycles. The van der Waals surface area contributed by atoms with E-state index in [0.29, 0.717) is 6.42 Å². The van der Waals surface area contributed by atoms with Gasteiger partial charge in [-0.25, -0.2) is 0 Å². The van der Waals surface area contributed by atoms with E-state index in [-0.39, 0.29) is 6.10 Å². The molecule has 0 spiro atoms. The highest BCUT2D eigenvalue weighted by atomic mass is 16.5. The normalized spacial score (nSPS) is 15.3. The van der Waals surface area contributed by atoms with E-state index in [0.717, 1.165) is 11.5 Å². The van der Waals surface area contributed by atoms with Crippen molar-refractivity contribution < 1.29 is 4.74 Å². The Hall–Kier alpha value is -1.31. The monoisotopic (exact) mass is 221 g/mol. The van der Waals surface area contributed by atoms with Crippen LogP contribution in [0.5, 0.6) is 0 Å². The standard InChI is InChI=1S/C14H23NO/c1-7-12(4)8-9-13(5)16-14(15-6)10-11(2)3/h7-9,13H,2,10H2,1,3-6H3/b9-8-,12-7-,15-14+. The van der Waals surface area contributed by atoms with Crippen molar-refractivity contribution >= 4 is 5.90 Å². The largest absolute Gasteiger partial charge is 0.474 e. The van der Waals surface area contributed by atoms with Gasteiger partial charge in [0.25, 0.3) is 0 Å².